The van der Waals surface area contributed by atoms with E-state index in [-0.39, 0.29) is 9.76 Å². The van der Waals surface area contributed by atoms with Crippen molar-refractivity contribution < 1.29 is 4.43 Å². The van der Waals surface area contributed by atoms with Gasteiger partial charge in [0.25, 0.3) is 0 Å². The Hall–Kier alpha value is 0.177. The molecule has 92 valence electrons. The van der Waals surface area contributed by atoms with Gasteiger partial charge in [0.2, 0.25) is 0 Å². The van der Waals surface area contributed by atoms with Crippen molar-refractivity contribution in [2.75, 3.05) is 0 Å². The van der Waals surface area contributed by atoms with Gasteiger partial charge in [-0.2, -0.15) is 0 Å². The van der Waals surface area contributed by atoms with E-state index in [9.17, 15) is 0 Å². The highest BCUT2D eigenvalue weighted by Crippen LogP contribution is 2.09. The Morgan fingerprint density at radius 1 is 0.867 bits per heavy atom. The molecular weight excluding hydrogens is 200 g/mol. The highest BCUT2D eigenvalue weighted by molar-refractivity contribution is 6.27. The van der Waals surface area contributed by atoms with Gasteiger partial charge in [0.15, 0.2) is 9.76 Å². The summed E-state index contributed by atoms with van der Waals surface area (Å²) in [6.45, 7) is 6.56. The molecule has 0 rings (SSSR count). The average molecular weight is 230 g/mol. The molecule has 0 saturated carbocycles. The Kier molecular flexibility index (Phi) is 12.4. The van der Waals surface area contributed by atoms with Crippen molar-refractivity contribution in [3.8, 4) is 0 Å². The van der Waals surface area contributed by atoms with Gasteiger partial charge in [0.05, 0.1) is 0 Å². The third-order valence-electron chi connectivity index (χ3n) is 2.70. The molecule has 0 atom stereocenters. The van der Waals surface area contributed by atoms with Gasteiger partial charge in [0, 0.05) is 6.10 Å². The fourth-order valence-corrected chi connectivity index (χ4v) is 2.93. The van der Waals surface area contributed by atoms with Crippen molar-refractivity contribution in [1.82, 2.24) is 0 Å². The third-order valence-corrected chi connectivity index (χ3v) is 4.39. The number of hydrogen-bond donors (Lipinski definition) is 0. The Morgan fingerprint density at radius 2 is 1.40 bits per heavy atom. The van der Waals surface area contributed by atoms with Crippen LogP contribution in [0.4, 0.5) is 0 Å². The zero-order chi connectivity index (χ0) is 11.4. The average Bonchev–Trinajstić information content (AvgIpc) is 2.20. The molecule has 0 aliphatic heterocycles. The number of rotatable bonds is 11. The number of unbranched alkanes of at least 4 members (excludes halogenated alkanes) is 7. The summed E-state index contributed by atoms with van der Waals surface area (Å²) in [5, 5.41) is 0. The summed E-state index contributed by atoms with van der Waals surface area (Å²) in [5.41, 5.74) is 0. The Bertz CT molecular complexity index is 115. The first-order valence-corrected chi connectivity index (χ1v) is 8.46. The van der Waals surface area contributed by atoms with Crippen molar-refractivity contribution in [1.29, 1.82) is 0 Å². The van der Waals surface area contributed by atoms with Crippen LogP contribution in [0.3, 0.4) is 0 Å². The lowest BCUT2D eigenvalue weighted by molar-refractivity contribution is 0.254. The van der Waals surface area contributed by atoms with E-state index in [0.717, 1.165) is 0 Å². The van der Waals surface area contributed by atoms with Crippen LogP contribution in [0.5, 0.6) is 0 Å². The molecule has 0 bridgehead atoms. The topological polar surface area (TPSA) is 9.23 Å². The van der Waals surface area contributed by atoms with Crippen LogP contribution in [0.15, 0.2) is 0 Å². The van der Waals surface area contributed by atoms with Crippen LogP contribution >= 0.6 is 0 Å². The first kappa shape index (κ1) is 15.2. The van der Waals surface area contributed by atoms with Crippen LogP contribution in [0.25, 0.3) is 0 Å². The zero-order valence-corrected chi connectivity index (χ0v) is 12.5. The standard InChI is InChI=1S/C13H30OSi/c1-4-5-6-7-8-9-10-11-12-15-14-13(2)3/h13H,4-12,15H2,1-3H3. The van der Waals surface area contributed by atoms with E-state index < -0.39 is 0 Å². The van der Waals surface area contributed by atoms with Crippen LogP contribution in [0.1, 0.15) is 72.1 Å². The van der Waals surface area contributed by atoms with Crippen molar-refractivity contribution in [2.24, 2.45) is 0 Å². The molecule has 0 aliphatic carbocycles. The molecule has 2 heteroatoms. The van der Waals surface area contributed by atoms with E-state index >= 15 is 0 Å². The molecule has 0 heterocycles. The van der Waals surface area contributed by atoms with E-state index in [4.69, 9.17) is 4.43 Å². The predicted octanol–water partition coefficient (Wildman–Crippen LogP) is 4.05. The molecule has 1 nitrogen and oxygen atoms in total. The van der Waals surface area contributed by atoms with Crippen LogP contribution in [0.2, 0.25) is 6.04 Å². The van der Waals surface area contributed by atoms with Gasteiger partial charge in [-0.3, -0.25) is 0 Å². The molecular formula is C13H30OSi. The Labute approximate surface area is 98.9 Å². The smallest absolute Gasteiger partial charge is 0.161 e. The second kappa shape index (κ2) is 12.2. The third kappa shape index (κ3) is 14.2. The van der Waals surface area contributed by atoms with Crippen molar-refractivity contribution >= 4 is 9.76 Å². The van der Waals surface area contributed by atoms with Gasteiger partial charge in [-0.15, -0.1) is 0 Å². The van der Waals surface area contributed by atoms with Gasteiger partial charge >= 0.3 is 0 Å². The Morgan fingerprint density at radius 3 is 1.93 bits per heavy atom. The van der Waals surface area contributed by atoms with E-state index in [1.807, 2.05) is 0 Å². The minimum absolute atomic E-state index is 0.184. The first-order valence-electron chi connectivity index (χ1n) is 6.89. The lowest BCUT2D eigenvalue weighted by atomic mass is 10.1. The minimum Gasteiger partial charge on any atom is -0.422 e. The van der Waals surface area contributed by atoms with Gasteiger partial charge in [-0.05, 0) is 19.9 Å². The fourth-order valence-electron chi connectivity index (χ4n) is 1.73. The normalized spacial score (nSPS) is 12.0. The molecule has 0 aromatic carbocycles. The SMILES string of the molecule is CCCCCCCCCC[SiH2]OC(C)C. The van der Waals surface area contributed by atoms with Gasteiger partial charge < -0.3 is 4.43 Å². The van der Waals surface area contributed by atoms with E-state index in [0.29, 0.717) is 6.10 Å². The molecule has 0 N–H and O–H groups in total. The highest BCUT2D eigenvalue weighted by atomic mass is 28.2. The summed E-state index contributed by atoms with van der Waals surface area (Å²) in [4.78, 5) is 0. The number of hydrogen-bond acceptors (Lipinski definition) is 1. The van der Waals surface area contributed by atoms with Crippen LogP contribution in [-0.4, -0.2) is 15.9 Å². The second-order valence-electron chi connectivity index (χ2n) is 4.75. The largest absolute Gasteiger partial charge is 0.422 e. The van der Waals surface area contributed by atoms with E-state index in [1.165, 1.54) is 57.4 Å². The van der Waals surface area contributed by atoms with E-state index in [1.54, 1.807) is 0 Å². The lowest BCUT2D eigenvalue weighted by Gasteiger charge is -2.06. The van der Waals surface area contributed by atoms with Gasteiger partial charge in [0.1, 0.15) is 0 Å². The summed E-state index contributed by atoms with van der Waals surface area (Å²) < 4.78 is 5.64. The molecule has 0 spiro atoms. The Balaban J connectivity index is 2.87. The van der Waals surface area contributed by atoms with Crippen LogP contribution in [0, 0.1) is 0 Å². The summed E-state index contributed by atoms with van der Waals surface area (Å²) in [6, 6.07) is 1.38. The monoisotopic (exact) mass is 230 g/mol. The highest BCUT2D eigenvalue weighted by Gasteiger charge is 1.95. The maximum absolute atomic E-state index is 5.64. The maximum Gasteiger partial charge on any atom is 0.161 e. The van der Waals surface area contributed by atoms with Crippen molar-refractivity contribution in [2.45, 2.75) is 84.3 Å². The quantitative estimate of drug-likeness (QED) is 0.384. The minimum atomic E-state index is -0.184. The zero-order valence-electron chi connectivity index (χ0n) is 11.1. The summed E-state index contributed by atoms with van der Waals surface area (Å²) in [6.07, 6.45) is 11.9. The molecule has 0 fully saturated rings. The van der Waals surface area contributed by atoms with Gasteiger partial charge in [-0.1, -0.05) is 58.3 Å². The summed E-state index contributed by atoms with van der Waals surface area (Å²) >= 11 is 0. The fraction of sp³-hybridized carbons (Fsp3) is 1.00. The first-order chi connectivity index (χ1) is 7.27. The molecule has 0 aromatic rings. The second-order valence-corrected chi connectivity index (χ2v) is 6.20. The molecule has 0 amide bonds. The summed E-state index contributed by atoms with van der Waals surface area (Å²) in [5.74, 6) is 0. The molecule has 15 heavy (non-hydrogen) atoms. The van der Waals surface area contributed by atoms with Crippen molar-refractivity contribution in [3.63, 3.8) is 0 Å². The van der Waals surface area contributed by atoms with Gasteiger partial charge in [-0.25, -0.2) is 0 Å². The van der Waals surface area contributed by atoms with Crippen LogP contribution < -0.4 is 0 Å². The summed E-state index contributed by atoms with van der Waals surface area (Å²) in [7, 11) is -0.184. The van der Waals surface area contributed by atoms with Crippen LogP contribution in [-0.2, 0) is 4.43 Å². The molecule has 0 unspecified atom stereocenters. The maximum atomic E-state index is 5.64. The van der Waals surface area contributed by atoms with E-state index in [2.05, 4.69) is 20.8 Å². The lowest BCUT2D eigenvalue weighted by Crippen LogP contribution is -2.06. The molecule has 0 aliphatic rings. The molecule has 0 saturated heterocycles. The molecule has 0 radical (unpaired) electrons. The van der Waals surface area contributed by atoms with Crippen molar-refractivity contribution in [3.05, 3.63) is 0 Å². The predicted molar refractivity (Wildman–Crippen MR) is 72.2 cm³/mol. The molecule has 0 aromatic heterocycles.